The Kier molecular flexibility index (Phi) is 4.97. The molecule has 1 aliphatic rings. The van der Waals surface area contributed by atoms with Gasteiger partial charge in [0.2, 0.25) is 0 Å². The lowest BCUT2D eigenvalue weighted by Gasteiger charge is -2.05. The minimum Gasteiger partial charge on any atom is -0.299 e. The predicted molar refractivity (Wildman–Crippen MR) is 97.0 cm³/mol. The quantitative estimate of drug-likeness (QED) is 0.509. The van der Waals surface area contributed by atoms with E-state index in [1.165, 1.54) is 29.0 Å². The molecule has 0 fully saturated rings. The number of rotatable bonds is 5. The lowest BCUT2D eigenvalue weighted by Crippen LogP contribution is -2.20. The first-order valence-electron chi connectivity index (χ1n) is 7.38. The zero-order valence-electron chi connectivity index (χ0n) is 13.1. The van der Waals surface area contributed by atoms with E-state index in [9.17, 15) is 4.79 Å². The Hall–Kier alpha value is -2.58. The molecule has 8 heteroatoms. The fraction of sp³-hybridized carbons (Fsp3) is 0.188. The van der Waals surface area contributed by atoms with Crippen molar-refractivity contribution in [3.8, 4) is 5.69 Å². The fourth-order valence-electron chi connectivity index (χ4n) is 2.10. The van der Waals surface area contributed by atoms with E-state index in [0.29, 0.717) is 33.6 Å². The van der Waals surface area contributed by atoms with Crippen molar-refractivity contribution in [2.45, 2.75) is 11.8 Å². The second-order valence-corrected chi connectivity index (χ2v) is 5.88. The van der Waals surface area contributed by atoms with Crippen LogP contribution in [0.4, 0.5) is 0 Å². The monoisotopic (exact) mass is 340 g/mol. The summed E-state index contributed by atoms with van der Waals surface area (Å²) in [6.45, 7) is 7.34. The van der Waals surface area contributed by atoms with Gasteiger partial charge in [0.25, 0.3) is 5.56 Å². The van der Waals surface area contributed by atoms with Crippen LogP contribution in [-0.2, 0) is 0 Å². The van der Waals surface area contributed by atoms with Gasteiger partial charge in [-0.05, 0) is 18.7 Å². The van der Waals surface area contributed by atoms with Crippen LogP contribution in [-0.4, -0.2) is 39.1 Å². The van der Waals surface area contributed by atoms with Crippen molar-refractivity contribution in [1.82, 2.24) is 19.9 Å². The van der Waals surface area contributed by atoms with E-state index in [1.807, 2.05) is 6.92 Å². The summed E-state index contributed by atoms with van der Waals surface area (Å²) >= 11 is 1.27. The Morgan fingerprint density at radius 1 is 1.50 bits per heavy atom. The van der Waals surface area contributed by atoms with Crippen molar-refractivity contribution < 1.29 is 0 Å². The molecule has 0 unspecified atom stereocenters. The summed E-state index contributed by atoms with van der Waals surface area (Å²) in [5.74, 6) is 0. The molecule has 3 rings (SSSR count). The molecule has 0 amide bonds. The Bertz CT molecular complexity index is 872. The third-order valence-electron chi connectivity index (χ3n) is 3.31. The van der Waals surface area contributed by atoms with Gasteiger partial charge in [-0.25, -0.2) is 9.98 Å². The topological polar surface area (TPSA) is 84.5 Å². The molecule has 2 aromatic heterocycles. The van der Waals surface area contributed by atoms with E-state index < -0.39 is 0 Å². The number of pyridine rings is 1. The Balaban J connectivity index is 1.89. The number of aliphatic imine (C=N–C) groups is 2. The largest absolute Gasteiger partial charge is 0.299 e. The van der Waals surface area contributed by atoms with Crippen LogP contribution in [0.3, 0.4) is 0 Å². The number of thioether (sulfide) groups is 1. The number of aromatic nitrogens is 3. The third kappa shape index (κ3) is 3.19. The average molecular weight is 340 g/mol. The maximum Gasteiger partial charge on any atom is 0.272 e. The van der Waals surface area contributed by atoms with Crippen molar-refractivity contribution in [2.24, 2.45) is 9.98 Å². The molecule has 24 heavy (non-hydrogen) atoms. The molecule has 0 spiro atoms. The molecule has 7 nitrogen and oxygen atoms in total. The van der Waals surface area contributed by atoms with Gasteiger partial charge in [0, 0.05) is 11.8 Å². The lowest BCUT2D eigenvalue weighted by atomic mass is 10.2. The van der Waals surface area contributed by atoms with Gasteiger partial charge in [-0.1, -0.05) is 25.3 Å². The van der Waals surface area contributed by atoms with Crippen LogP contribution in [0.5, 0.6) is 0 Å². The van der Waals surface area contributed by atoms with Gasteiger partial charge in [-0.3, -0.25) is 24.7 Å². The van der Waals surface area contributed by atoms with Gasteiger partial charge in [0.15, 0.2) is 0 Å². The van der Waals surface area contributed by atoms with E-state index >= 15 is 0 Å². The van der Waals surface area contributed by atoms with Gasteiger partial charge >= 0.3 is 0 Å². The molecule has 0 bridgehead atoms. The maximum absolute atomic E-state index is 12.7. The molecule has 0 radical (unpaired) electrons. The fourth-order valence-corrected chi connectivity index (χ4v) is 3.07. The number of hydrogen-bond acceptors (Lipinski definition) is 6. The van der Waals surface area contributed by atoms with E-state index in [2.05, 4.69) is 31.8 Å². The van der Waals surface area contributed by atoms with Crippen LogP contribution < -0.4 is 10.9 Å². The van der Waals surface area contributed by atoms with E-state index in [1.54, 1.807) is 24.5 Å². The molecule has 0 atom stereocenters. The first kappa shape index (κ1) is 16.3. The zero-order valence-corrected chi connectivity index (χ0v) is 14.0. The molecule has 0 aliphatic carbocycles. The molecule has 3 heterocycles. The number of hydrogen-bond donors (Lipinski definition) is 1. The molecule has 122 valence electrons. The highest BCUT2D eigenvalue weighted by Gasteiger charge is 2.27. The SMILES string of the molecule is C=C1/C(=N\C=N/CNCC)Sc2c1ncn(-c1cccnc1)c2=O. The predicted octanol–water partition coefficient (Wildman–Crippen LogP) is 1.74. The standard InChI is InChI=1S/C16H16N6OS/c1-3-17-8-19-9-20-15-11(2)13-14(24-15)16(23)22(10-21-13)12-5-4-6-18-7-12/h4-7,9-10,17H,2-3,8H2,1H3/b19-9-,20-15+. The van der Waals surface area contributed by atoms with Gasteiger partial charge in [-0.2, -0.15) is 0 Å². The van der Waals surface area contributed by atoms with Crippen LogP contribution in [0.25, 0.3) is 11.3 Å². The van der Waals surface area contributed by atoms with Crippen LogP contribution in [0, 0.1) is 0 Å². The minimum atomic E-state index is -0.158. The highest BCUT2D eigenvalue weighted by atomic mass is 32.2. The highest BCUT2D eigenvalue weighted by molar-refractivity contribution is 8.15. The average Bonchev–Trinajstić information content (AvgIpc) is 2.93. The molecule has 0 aromatic carbocycles. The molecular weight excluding hydrogens is 324 g/mol. The number of fused-ring (bicyclic) bond motifs is 1. The van der Waals surface area contributed by atoms with Crippen LogP contribution in [0.2, 0.25) is 0 Å². The van der Waals surface area contributed by atoms with Gasteiger partial charge in [0.1, 0.15) is 22.6 Å². The summed E-state index contributed by atoms with van der Waals surface area (Å²) in [6.07, 6.45) is 6.24. The van der Waals surface area contributed by atoms with E-state index in [-0.39, 0.29) is 5.56 Å². The van der Waals surface area contributed by atoms with Gasteiger partial charge in [0.05, 0.1) is 24.2 Å². The summed E-state index contributed by atoms with van der Waals surface area (Å²) in [7, 11) is 0. The van der Waals surface area contributed by atoms with Crippen LogP contribution in [0.15, 0.2) is 57.1 Å². The summed E-state index contributed by atoms with van der Waals surface area (Å²) in [4.78, 5) is 30.0. The van der Waals surface area contributed by atoms with Crippen molar-refractivity contribution >= 4 is 28.7 Å². The number of nitrogens with one attached hydrogen (secondary N) is 1. The lowest BCUT2D eigenvalue weighted by molar-refractivity contribution is 0.745. The van der Waals surface area contributed by atoms with Crippen molar-refractivity contribution in [1.29, 1.82) is 0 Å². The minimum absolute atomic E-state index is 0.158. The van der Waals surface area contributed by atoms with Crippen LogP contribution in [0.1, 0.15) is 12.6 Å². The molecule has 0 saturated heterocycles. The van der Waals surface area contributed by atoms with Crippen molar-refractivity contribution in [3.05, 3.63) is 53.5 Å². The van der Waals surface area contributed by atoms with Crippen molar-refractivity contribution in [2.75, 3.05) is 13.2 Å². The normalized spacial score (nSPS) is 15.4. The first-order chi connectivity index (χ1) is 11.7. The summed E-state index contributed by atoms with van der Waals surface area (Å²) < 4.78 is 1.47. The van der Waals surface area contributed by atoms with Gasteiger partial charge < -0.3 is 0 Å². The summed E-state index contributed by atoms with van der Waals surface area (Å²) in [5, 5.41) is 3.71. The number of nitrogens with zero attached hydrogens (tertiary/aromatic N) is 5. The second kappa shape index (κ2) is 7.33. The Morgan fingerprint density at radius 3 is 3.12 bits per heavy atom. The Morgan fingerprint density at radius 2 is 2.38 bits per heavy atom. The second-order valence-electron chi connectivity index (χ2n) is 4.88. The molecule has 0 saturated carbocycles. The summed E-state index contributed by atoms with van der Waals surface area (Å²) in [6, 6.07) is 3.58. The summed E-state index contributed by atoms with van der Waals surface area (Å²) in [5.41, 5.74) is 1.72. The van der Waals surface area contributed by atoms with Gasteiger partial charge in [-0.15, -0.1) is 0 Å². The first-order valence-corrected chi connectivity index (χ1v) is 8.20. The highest BCUT2D eigenvalue weighted by Crippen LogP contribution is 2.36. The molecule has 1 N–H and O–H groups in total. The zero-order chi connectivity index (χ0) is 16.9. The Labute approximate surface area is 143 Å². The van der Waals surface area contributed by atoms with Crippen molar-refractivity contribution in [3.63, 3.8) is 0 Å². The third-order valence-corrected chi connectivity index (χ3v) is 4.42. The molecule has 1 aliphatic heterocycles. The molecule has 2 aromatic rings. The van der Waals surface area contributed by atoms with E-state index in [4.69, 9.17) is 0 Å². The maximum atomic E-state index is 12.7. The van der Waals surface area contributed by atoms with Crippen LogP contribution >= 0.6 is 11.8 Å². The smallest absolute Gasteiger partial charge is 0.272 e. The van der Waals surface area contributed by atoms with E-state index in [0.717, 1.165) is 6.54 Å². The molecular formula is C16H16N6OS.